The Balaban J connectivity index is 2.19. The van der Waals surface area contributed by atoms with Crippen molar-refractivity contribution in [2.24, 2.45) is 7.05 Å². The molecule has 1 atom stereocenters. The Morgan fingerprint density at radius 1 is 1.45 bits per heavy atom. The number of likely N-dealkylation sites (tertiary alicyclic amines) is 1. The van der Waals surface area contributed by atoms with Crippen molar-refractivity contribution >= 4 is 5.91 Å². The zero-order valence-electron chi connectivity index (χ0n) is 13.2. The van der Waals surface area contributed by atoms with E-state index in [1.807, 2.05) is 25.1 Å². The number of hydrogen-bond donors (Lipinski definition) is 1. The first-order valence-electron chi connectivity index (χ1n) is 7.34. The number of amides is 1. The standard InChI is InChI=1S/C15H26N4O/c1-15(2,3)13-9-12(18(5)17-13)14(20)19-8-6-7-11(10-19)16-4/h9,11,16H,6-8,10H2,1-5H3. The first-order chi connectivity index (χ1) is 9.32. The highest BCUT2D eigenvalue weighted by Crippen LogP contribution is 2.22. The molecule has 0 spiro atoms. The Kier molecular flexibility index (Phi) is 4.18. The van der Waals surface area contributed by atoms with Crippen LogP contribution in [0.3, 0.4) is 0 Å². The number of nitrogens with one attached hydrogen (secondary N) is 1. The van der Waals surface area contributed by atoms with Crippen LogP contribution in [0, 0.1) is 0 Å². The van der Waals surface area contributed by atoms with Gasteiger partial charge < -0.3 is 10.2 Å². The molecule has 1 amide bonds. The monoisotopic (exact) mass is 278 g/mol. The second-order valence-corrected chi connectivity index (χ2v) is 6.67. The molecule has 1 unspecified atom stereocenters. The predicted molar refractivity (Wildman–Crippen MR) is 79.9 cm³/mol. The highest BCUT2D eigenvalue weighted by molar-refractivity contribution is 5.92. The Morgan fingerprint density at radius 3 is 2.70 bits per heavy atom. The Morgan fingerprint density at radius 2 is 2.15 bits per heavy atom. The largest absolute Gasteiger partial charge is 0.336 e. The number of carbonyl (C=O) groups is 1. The van der Waals surface area contributed by atoms with Crippen molar-refractivity contribution in [1.82, 2.24) is 20.0 Å². The molecule has 0 radical (unpaired) electrons. The molecule has 0 saturated carbocycles. The summed E-state index contributed by atoms with van der Waals surface area (Å²) in [6, 6.07) is 2.34. The molecule has 112 valence electrons. The van der Waals surface area contributed by atoms with Gasteiger partial charge in [-0.15, -0.1) is 0 Å². The summed E-state index contributed by atoms with van der Waals surface area (Å²) < 4.78 is 1.71. The second-order valence-electron chi connectivity index (χ2n) is 6.67. The van der Waals surface area contributed by atoms with E-state index < -0.39 is 0 Å². The van der Waals surface area contributed by atoms with Gasteiger partial charge in [0.2, 0.25) is 0 Å². The van der Waals surface area contributed by atoms with Gasteiger partial charge in [-0.05, 0) is 26.0 Å². The first kappa shape index (κ1) is 15.0. The van der Waals surface area contributed by atoms with Crippen molar-refractivity contribution < 1.29 is 4.79 Å². The summed E-state index contributed by atoms with van der Waals surface area (Å²) in [5.41, 5.74) is 1.61. The molecule has 0 bridgehead atoms. The van der Waals surface area contributed by atoms with E-state index in [1.54, 1.807) is 4.68 Å². The molecule has 1 aliphatic rings. The van der Waals surface area contributed by atoms with Crippen molar-refractivity contribution in [1.29, 1.82) is 0 Å². The molecule has 1 aromatic heterocycles. The summed E-state index contributed by atoms with van der Waals surface area (Å²) in [6.07, 6.45) is 2.19. The molecule has 1 aromatic rings. The van der Waals surface area contributed by atoms with Gasteiger partial charge in [-0.3, -0.25) is 9.48 Å². The van der Waals surface area contributed by atoms with E-state index in [0.29, 0.717) is 11.7 Å². The smallest absolute Gasteiger partial charge is 0.272 e. The summed E-state index contributed by atoms with van der Waals surface area (Å²) >= 11 is 0. The number of hydrogen-bond acceptors (Lipinski definition) is 3. The van der Waals surface area contributed by atoms with Crippen LogP contribution in [0.25, 0.3) is 0 Å². The highest BCUT2D eigenvalue weighted by Gasteiger charge is 2.27. The van der Waals surface area contributed by atoms with Crippen molar-refractivity contribution in [2.75, 3.05) is 20.1 Å². The summed E-state index contributed by atoms with van der Waals surface area (Å²) in [5.74, 6) is 0.0930. The third-order valence-electron chi connectivity index (χ3n) is 3.98. The van der Waals surface area contributed by atoms with Gasteiger partial charge in [-0.1, -0.05) is 20.8 Å². The van der Waals surface area contributed by atoms with Crippen LogP contribution in [0.4, 0.5) is 0 Å². The van der Waals surface area contributed by atoms with E-state index >= 15 is 0 Å². The third-order valence-corrected chi connectivity index (χ3v) is 3.98. The molecule has 1 N–H and O–H groups in total. The van der Waals surface area contributed by atoms with Crippen LogP contribution in [-0.2, 0) is 12.5 Å². The minimum atomic E-state index is -0.0360. The molecule has 5 heteroatoms. The molecule has 2 heterocycles. The number of piperidine rings is 1. The lowest BCUT2D eigenvalue weighted by Gasteiger charge is -2.32. The molecule has 1 aliphatic heterocycles. The van der Waals surface area contributed by atoms with Crippen LogP contribution in [0.2, 0.25) is 0 Å². The summed E-state index contributed by atoms with van der Waals surface area (Å²) in [4.78, 5) is 14.6. The number of likely N-dealkylation sites (N-methyl/N-ethyl adjacent to an activating group) is 1. The number of aryl methyl sites for hydroxylation is 1. The number of carbonyl (C=O) groups excluding carboxylic acids is 1. The molecule has 1 saturated heterocycles. The highest BCUT2D eigenvalue weighted by atomic mass is 16.2. The van der Waals surface area contributed by atoms with Gasteiger partial charge in [-0.2, -0.15) is 5.10 Å². The topological polar surface area (TPSA) is 50.2 Å². The van der Waals surface area contributed by atoms with Gasteiger partial charge in [-0.25, -0.2) is 0 Å². The molecular weight excluding hydrogens is 252 g/mol. The molecule has 20 heavy (non-hydrogen) atoms. The van der Waals surface area contributed by atoms with Crippen LogP contribution in [0.15, 0.2) is 6.07 Å². The van der Waals surface area contributed by atoms with Gasteiger partial charge in [0.15, 0.2) is 0 Å². The van der Waals surface area contributed by atoms with E-state index in [0.717, 1.165) is 31.6 Å². The number of rotatable bonds is 2. The Hall–Kier alpha value is -1.36. The minimum Gasteiger partial charge on any atom is -0.336 e. The van der Waals surface area contributed by atoms with Gasteiger partial charge in [0, 0.05) is 31.6 Å². The SMILES string of the molecule is CNC1CCCN(C(=O)c2cc(C(C)(C)C)nn2C)C1. The maximum atomic E-state index is 12.7. The van der Waals surface area contributed by atoms with Crippen molar-refractivity contribution in [2.45, 2.75) is 45.1 Å². The van der Waals surface area contributed by atoms with E-state index in [1.165, 1.54) is 0 Å². The summed E-state index contributed by atoms with van der Waals surface area (Å²) in [6.45, 7) is 7.96. The lowest BCUT2D eigenvalue weighted by molar-refractivity contribution is 0.0687. The molecular formula is C15H26N4O. The van der Waals surface area contributed by atoms with Gasteiger partial charge in [0.05, 0.1) is 5.69 Å². The third kappa shape index (κ3) is 3.03. The summed E-state index contributed by atoms with van der Waals surface area (Å²) in [5, 5.41) is 7.76. The van der Waals surface area contributed by atoms with Crippen molar-refractivity contribution in [3.05, 3.63) is 17.5 Å². The van der Waals surface area contributed by atoms with Gasteiger partial charge >= 0.3 is 0 Å². The first-order valence-corrected chi connectivity index (χ1v) is 7.34. The van der Waals surface area contributed by atoms with Crippen LogP contribution in [0.5, 0.6) is 0 Å². The lowest BCUT2D eigenvalue weighted by Crippen LogP contribution is -2.47. The van der Waals surface area contributed by atoms with Gasteiger partial charge in [0.25, 0.3) is 5.91 Å². The molecule has 2 rings (SSSR count). The zero-order chi connectivity index (χ0) is 14.9. The van der Waals surface area contributed by atoms with E-state index in [9.17, 15) is 4.79 Å². The fraction of sp³-hybridized carbons (Fsp3) is 0.733. The van der Waals surface area contributed by atoms with Crippen LogP contribution in [0.1, 0.15) is 49.8 Å². The van der Waals surface area contributed by atoms with Crippen molar-refractivity contribution in [3.8, 4) is 0 Å². The minimum absolute atomic E-state index is 0.0360. The quantitative estimate of drug-likeness (QED) is 0.893. The fourth-order valence-corrected chi connectivity index (χ4v) is 2.59. The fourth-order valence-electron chi connectivity index (χ4n) is 2.59. The molecule has 5 nitrogen and oxygen atoms in total. The average Bonchev–Trinajstić information content (AvgIpc) is 2.80. The predicted octanol–water partition coefficient (Wildman–Crippen LogP) is 1.54. The maximum Gasteiger partial charge on any atom is 0.272 e. The zero-order valence-corrected chi connectivity index (χ0v) is 13.2. The lowest BCUT2D eigenvalue weighted by atomic mass is 9.92. The number of nitrogens with zero attached hydrogens (tertiary/aromatic N) is 3. The Bertz CT molecular complexity index is 487. The summed E-state index contributed by atoms with van der Waals surface area (Å²) in [7, 11) is 3.81. The molecule has 0 aliphatic carbocycles. The van der Waals surface area contributed by atoms with E-state index in [-0.39, 0.29) is 11.3 Å². The molecule has 1 fully saturated rings. The van der Waals surface area contributed by atoms with Gasteiger partial charge in [0.1, 0.15) is 5.69 Å². The Labute approximate surface area is 121 Å². The molecule has 0 aromatic carbocycles. The number of aromatic nitrogens is 2. The van der Waals surface area contributed by atoms with Crippen LogP contribution in [-0.4, -0.2) is 46.8 Å². The van der Waals surface area contributed by atoms with Crippen LogP contribution >= 0.6 is 0 Å². The average molecular weight is 278 g/mol. The normalized spacial score (nSPS) is 20.2. The maximum absolute atomic E-state index is 12.7. The second kappa shape index (κ2) is 5.56. The van der Waals surface area contributed by atoms with E-state index in [2.05, 4.69) is 31.2 Å². The van der Waals surface area contributed by atoms with Crippen molar-refractivity contribution in [3.63, 3.8) is 0 Å². The van der Waals surface area contributed by atoms with E-state index in [4.69, 9.17) is 0 Å². The van der Waals surface area contributed by atoms with Crippen LogP contribution < -0.4 is 5.32 Å².